The molecule has 1 aromatic rings. The third kappa shape index (κ3) is 3.67. The van der Waals surface area contributed by atoms with Gasteiger partial charge in [0.25, 0.3) is 0 Å². The number of hydrogen-bond acceptors (Lipinski definition) is 1. The molecule has 0 aliphatic heterocycles. The number of amidine groups is 1. The van der Waals surface area contributed by atoms with Gasteiger partial charge in [0, 0.05) is 10.4 Å². The van der Waals surface area contributed by atoms with E-state index in [1.54, 1.807) is 0 Å². The SMILES string of the molecule is CC(C)C(N)=NC(C)c1ccc(Br)cc1. The van der Waals surface area contributed by atoms with Gasteiger partial charge in [-0.15, -0.1) is 0 Å². The van der Waals surface area contributed by atoms with Gasteiger partial charge in [-0.05, 0) is 24.6 Å². The minimum atomic E-state index is 0.125. The summed E-state index contributed by atoms with van der Waals surface area (Å²) in [5, 5.41) is 0. The van der Waals surface area contributed by atoms with Gasteiger partial charge in [0.05, 0.1) is 11.9 Å². The van der Waals surface area contributed by atoms with E-state index in [0.29, 0.717) is 11.8 Å². The largest absolute Gasteiger partial charge is 0.387 e. The van der Waals surface area contributed by atoms with Crippen LogP contribution in [0.2, 0.25) is 0 Å². The van der Waals surface area contributed by atoms with Gasteiger partial charge in [-0.1, -0.05) is 41.9 Å². The Labute approximate surface area is 99.7 Å². The van der Waals surface area contributed by atoms with Crippen LogP contribution in [0.3, 0.4) is 0 Å². The second kappa shape index (κ2) is 5.31. The molecule has 0 saturated carbocycles. The lowest BCUT2D eigenvalue weighted by Crippen LogP contribution is -2.19. The van der Waals surface area contributed by atoms with Crippen LogP contribution in [0, 0.1) is 5.92 Å². The fourth-order valence-electron chi connectivity index (χ4n) is 1.19. The van der Waals surface area contributed by atoms with Crippen LogP contribution in [0.5, 0.6) is 0 Å². The first-order valence-electron chi connectivity index (χ1n) is 5.09. The monoisotopic (exact) mass is 268 g/mol. The summed E-state index contributed by atoms with van der Waals surface area (Å²) in [6.45, 7) is 6.15. The molecule has 0 amide bonds. The van der Waals surface area contributed by atoms with Crippen LogP contribution in [-0.4, -0.2) is 5.84 Å². The molecule has 0 aromatic heterocycles. The van der Waals surface area contributed by atoms with Crippen LogP contribution in [-0.2, 0) is 0 Å². The van der Waals surface area contributed by atoms with Crippen molar-refractivity contribution in [3.63, 3.8) is 0 Å². The molecule has 82 valence electrons. The molecule has 0 bridgehead atoms. The van der Waals surface area contributed by atoms with E-state index in [9.17, 15) is 0 Å². The van der Waals surface area contributed by atoms with Crippen molar-refractivity contribution in [1.82, 2.24) is 0 Å². The standard InChI is InChI=1S/C12H17BrN2/c1-8(2)12(14)15-9(3)10-4-6-11(13)7-5-10/h4-9H,1-3H3,(H2,14,15). The molecule has 1 aromatic carbocycles. The van der Waals surface area contributed by atoms with Gasteiger partial charge < -0.3 is 5.73 Å². The number of rotatable bonds is 3. The van der Waals surface area contributed by atoms with E-state index in [1.807, 2.05) is 26.0 Å². The van der Waals surface area contributed by atoms with Crippen molar-refractivity contribution < 1.29 is 0 Å². The van der Waals surface area contributed by atoms with Crippen LogP contribution in [0.25, 0.3) is 0 Å². The summed E-state index contributed by atoms with van der Waals surface area (Å²) in [6.07, 6.45) is 0. The summed E-state index contributed by atoms with van der Waals surface area (Å²) in [4.78, 5) is 4.46. The Balaban J connectivity index is 2.81. The Kier molecular flexibility index (Phi) is 4.33. The molecule has 0 heterocycles. The van der Waals surface area contributed by atoms with Crippen LogP contribution >= 0.6 is 15.9 Å². The summed E-state index contributed by atoms with van der Waals surface area (Å²) in [5.41, 5.74) is 7.01. The highest BCUT2D eigenvalue weighted by Gasteiger charge is 2.05. The summed E-state index contributed by atoms with van der Waals surface area (Å²) in [6, 6.07) is 8.29. The zero-order valence-electron chi connectivity index (χ0n) is 9.37. The Morgan fingerprint density at radius 2 is 1.73 bits per heavy atom. The second-order valence-electron chi connectivity index (χ2n) is 3.94. The van der Waals surface area contributed by atoms with Crippen LogP contribution < -0.4 is 5.73 Å². The van der Waals surface area contributed by atoms with Gasteiger partial charge in [-0.2, -0.15) is 0 Å². The molecule has 15 heavy (non-hydrogen) atoms. The van der Waals surface area contributed by atoms with E-state index < -0.39 is 0 Å². The minimum Gasteiger partial charge on any atom is -0.387 e. The molecule has 3 heteroatoms. The molecule has 2 nitrogen and oxygen atoms in total. The van der Waals surface area contributed by atoms with E-state index in [-0.39, 0.29) is 6.04 Å². The first-order chi connectivity index (χ1) is 7.00. The molecule has 0 saturated heterocycles. The average Bonchev–Trinajstić information content (AvgIpc) is 2.18. The Morgan fingerprint density at radius 3 is 2.20 bits per heavy atom. The van der Waals surface area contributed by atoms with Crippen LogP contribution in [0.15, 0.2) is 33.7 Å². The molecule has 2 N–H and O–H groups in total. The molecular formula is C12H17BrN2. The normalized spacial score (nSPS) is 14.3. The van der Waals surface area contributed by atoms with E-state index in [4.69, 9.17) is 5.73 Å². The van der Waals surface area contributed by atoms with E-state index >= 15 is 0 Å². The lowest BCUT2D eigenvalue weighted by atomic mass is 10.1. The summed E-state index contributed by atoms with van der Waals surface area (Å²) < 4.78 is 1.08. The number of nitrogens with two attached hydrogens (primary N) is 1. The molecule has 1 unspecified atom stereocenters. The summed E-state index contributed by atoms with van der Waals surface area (Å²) in [5.74, 6) is 1.02. The van der Waals surface area contributed by atoms with Crippen LogP contribution in [0.4, 0.5) is 0 Å². The van der Waals surface area contributed by atoms with E-state index in [0.717, 1.165) is 4.47 Å². The van der Waals surface area contributed by atoms with Gasteiger partial charge >= 0.3 is 0 Å². The first kappa shape index (κ1) is 12.2. The smallest absolute Gasteiger partial charge is 0.0970 e. The number of halogens is 1. The maximum atomic E-state index is 5.83. The van der Waals surface area contributed by atoms with Crippen molar-refractivity contribution >= 4 is 21.8 Å². The van der Waals surface area contributed by atoms with Gasteiger partial charge in [0.15, 0.2) is 0 Å². The van der Waals surface area contributed by atoms with Crippen molar-refractivity contribution in [2.75, 3.05) is 0 Å². The summed E-state index contributed by atoms with van der Waals surface area (Å²) in [7, 11) is 0. The highest BCUT2D eigenvalue weighted by Crippen LogP contribution is 2.19. The van der Waals surface area contributed by atoms with Gasteiger partial charge in [0.2, 0.25) is 0 Å². The minimum absolute atomic E-state index is 0.125. The number of benzene rings is 1. The number of hydrogen-bond donors (Lipinski definition) is 1. The van der Waals surface area contributed by atoms with Crippen molar-refractivity contribution in [2.24, 2.45) is 16.6 Å². The third-order valence-electron chi connectivity index (χ3n) is 2.29. The van der Waals surface area contributed by atoms with E-state index in [2.05, 4.69) is 40.0 Å². The molecule has 1 rings (SSSR count). The highest BCUT2D eigenvalue weighted by molar-refractivity contribution is 9.10. The van der Waals surface area contributed by atoms with Crippen molar-refractivity contribution in [3.05, 3.63) is 34.3 Å². The Bertz CT molecular complexity index is 341. The second-order valence-corrected chi connectivity index (χ2v) is 4.85. The Morgan fingerprint density at radius 1 is 1.20 bits per heavy atom. The van der Waals surface area contributed by atoms with Crippen LogP contribution in [0.1, 0.15) is 32.4 Å². The topological polar surface area (TPSA) is 38.4 Å². The zero-order valence-corrected chi connectivity index (χ0v) is 11.0. The predicted molar refractivity (Wildman–Crippen MR) is 69.0 cm³/mol. The zero-order chi connectivity index (χ0) is 11.4. The molecule has 0 spiro atoms. The molecule has 1 atom stereocenters. The van der Waals surface area contributed by atoms with Crippen molar-refractivity contribution in [3.8, 4) is 0 Å². The van der Waals surface area contributed by atoms with Gasteiger partial charge in [0.1, 0.15) is 0 Å². The molecule has 0 aliphatic rings. The third-order valence-corrected chi connectivity index (χ3v) is 2.82. The molecule has 0 radical (unpaired) electrons. The highest BCUT2D eigenvalue weighted by atomic mass is 79.9. The van der Waals surface area contributed by atoms with Gasteiger partial charge in [-0.25, -0.2) is 0 Å². The fourth-order valence-corrected chi connectivity index (χ4v) is 1.45. The average molecular weight is 269 g/mol. The fraction of sp³-hybridized carbons (Fsp3) is 0.417. The van der Waals surface area contributed by atoms with E-state index in [1.165, 1.54) is 5.56 Å². The number of nitrogens with zero attached hydrogens (tertiary/aromatic N) is 1. The molecule has 0 aliphatic carbocycles. The molecular weight excluding hydrogens is 252 g/mol. The van der Waals surface area contributed by atoms with Crippen molar-refractivity contribution in [1.29, 1.82) is 0 Å². The Hall–Kier alpha value is -0.830. The molecule has 0 fully saturated rings. The van der Waals surface area contributed by atoms with Gasteiger partial charge in [-0.3, -0.25) is 4.99 Å². The lowest BCUT2D eigenvalue weighted by Gasteiger charge is -2.10. The maximum Gasteiger partial charge on any atom is 0.0970 e. The first-order valence-corrected chi connectivity index (χ1v) is 5.88. The number of aliphatic imine (C=N–C) groups is 1. The van der Waals surface area contributed by atoms with Crippen molar-refractivity contribution in [2.45, 2.75) is 26.8 Å². The lowest BCUT2D eigenvalue weighted by molar-refractivity contribution is 0.779. The predicted octanol–water partition coefficient (Wildman–Crippen LogP) is 3.52. The maximum absolute atomic E-state index is 5.83. The quantitative estimate of drug-likeness (QED) is 0.661. The summed E-state index contributed by atoms with van der Waals surface area (Å²) >= 11 is 3.41.